The summed E-state index contributed by atoms with van der Waals surface area (Å²) in [5.41, 5.74) is 1.77. The van der Waals surface area contributed by atoms with Gasteiger partial charge >= 0.3 is 12.1 Å². The fourth-order valence-corrected chi connectivity index (χ4v) is 4.74. The number of esters is 1. The Hall–Kier alpha value is -3.26. The molecule has 33 heavy (non-hydrogen) atoms. The Morgan fingerprint density at radius 1 is 1.06 bits per heavy atom. The van der Waals surface area contributed by atoms with Gasteiger partial charge in [-0.05, 0) is 37.4 Å². The Kier molecular flexibility index (Phi) is 5.20. The average Bonchev–Trinajstić information content (AvgIpc) is 3.16. The van der Waals surface area contributed by atoms with Gasteiger partial charge in [-0.3, -0.25) is 0 Å². The van der Waals surface area contributed by atoms with Crippen molar-refractivity contribution in [3.05, 3.63) is 59.3 Å². The van der Waals surface area contributed by atoms with Crippen molar-refractivity contribution in [3.8, 4) is 0 Å². The zero-order valence-electron chi connectivity index (χ0n) is 18.3. The van der Waals surface area contributed by atoms with Gasteiger partial charge in [-0.25, -0.2) is 4.79 Å². The number of aromatic nitrogens is 1. The monoisotopic (exact) mass is 456 g/mol. The molecule has 5 rings (SSSR count). The number of nitrogens with zero attached hydrogens (tertiary/aromatic N) is 2. The third-order valence-corrected chi connectivity index (χ3v) is 6.23. The number of morpholine rings is 1. The maximum Gasteiger partial charge on any atom is 0.416 e. The van der Waals surface area contributed by atoms with Crippen LogP contribution in [0.5, 0.6) is 0 Å². The molecule has 1 aliphatic rings. The lowest BCUT2D eigenvalue weighted by atomic mass is 10.00. The number of anilines is 1. The van der Waals surface area contributed by atoms with Gasteiger partial charge in [-0.15, -0.1) is 0 Å². The fourth-order valence-electron chi connectivity index (χ4n) is 4.74. The molecule has 3 heterocycles. The molecule has 0 radical (unpaired) electrons. The van der Waals surface area contributed by atoms with Crippen molar-refractivity contribution in [1.82, 2.24) is 4.40 Å². The van der Waals surface area contributed by atoms with Gasteiger partial charge < -0.3 is 18.8 Å². The highest BCUT2D eigenvalue weighted by atomic mass is 19.4. The first-order valence-electron chi connectivity index (χ1n) is 10.9. The topological polar surface area (TPSA) is 43.2 Å². The number of hydrogen-bond acceptors (Lipinski definition) is 4. The van der Waals surface area contributed by atoms with Gasteiger partial charge in [0.25, 0.3) is 0 Å². The van der Waals surface area contributed by atoms with E-state index in [0.717, 1.165) is 16.2 Å². The lowest BCUT2D eigenvalue weighted by molar-refractivity contribution is -0.137. The van der Waals surface area contributed by atoms with Crippen LogP contribution in [0.2, 0.25) is 0 Å². The number of aryl methyl sites for hydroxylation is 1. The molecule has 0 amide bonds. The van der Waals surface area contributed by atoms with E-state index >= 15 is 0 Å². The summed E-state index contributed by atoms with van der Waals surface area (Å²) in [6, 6.07) is 11.7. The number of carbonyl (C=O) groups excluding carboxylic acids is 1. The van der Waals surface area contributed by atoms with Gasteiger partial charge in [0.15, 0.2) is 0 Å². The van der Waals surface area contributed by atoms with Crippen LogP contribution in [0.15, 0.2) is 42.5 Å². The predicted molar refractivity (Wildman–Crippen MR) is 121 cm³/mol. The molecule has 0 N–H and O–H groups in total. The molecule has 2 aromatic heterocycles. The van der Waals surface area contributed by atoms with E-state index in [4.69, 9.17) is 9.47 Å². The maximum atomic E-state index is 14.0. The van der Waals surface area contributed by atoms with Crippen molar-refractivity contribution in [2.24, 2.45) is 0 Å². The zero-order valence-corrected chi connectivity index (χ0v) is 18.3. The lowest BCUT2D eigenvalue weighted by Gasteiger charge is -2.31. The molecule has 8 heteroatoms. The molecule has 0 atom stereocenters. The van der Waals surface area contributed by atoms with Gasteiger partial charge in [0.05, 0.1) is 42.0 Å². The summed E-state index contributed by atoms with van der Waals surface area (Å²) in [4.78, 5) is 14.6. The Bertz CT molecular complexity index is 1390. The minimum Gasteiger partial charge on any atom is -0.462 e. The number of hydrogen-bond donors (Lipinski definition) is 0. The van der Waals surface area contributed by atoms with Gasteiger partial charge in [0, 0.05) is 35.2 Å². The molecule has 0 bridgehead atoms. The predicted octanol–water partition coefficient (Wildman–Crippen LogP) is 5.59. The summed E-state index contributed by atoms with van der Waals surface area (Å²) in [5, 5.41) is 2.42. The molecule has 172 valence electrons. The minimum atomic E-state index is -4.52. The van der Waals surface area contributed by atoms with E-state index in [2.05, 4.69) is 0 Å². The molecule has 0 saturated carbocycles. The van der Waals surface area contributed by atoms with Crippen molar-refractivity contribution < 1.29 is 27.4 Å². The van der Waals surface area contributed by atoms with Crippen molar-refractivity contribution in [3.63, 3.8) is 0 Å². The number of carbonyl (C=O) groups is 1. The Morgan fingerprint density at radius 3 is 2.42 bits per heavy atom. The molecule has 4 aromatic rings. The number of pyridine rings is 1. The second-order valence-electron chi connectivity index (χ2n) is 8.12. The maximum absolute atomic E-state index is 14.0. The molecule has 5 nitrogen and oxygen atoms in total. The van der Waals surface area contributed by atoms with E-state index in [1.54, 1.807) is 24.3 Å². The van der Waals surface area contributed by atoms with E-state index in [1.165, 1.54) is 12.1 Å². The smallest absolute Gasteiger partial charge is 0.416 e. The van der Waals surface area contributed by atoms with Crippen molar-refractivity contribution in [2.45, 2.75) is 20.0 Å². The second kappa shape index (κ2) is 7.95. The molecule has 2 aromatic carbocycles. The normalized spacial score (nSPS) is 15.0. The summed E-state index contributed by atoms with van der Waals surface area (Å²) in [6.07, 6.45) is -4.52. The molecular weight excluding hydrogens is 433 g/mol. The second-order valence-corrected chi connectivity index (χ2v) is 8.12. The molecular formula is C25H23F3N2O3. The van der Waals surface area contributed by atoms with E-state index in [9.17, 15) is 18.0 Å². The quantitative estimate of drug-likeness (QED) is 0.298. The number of rotatable bonds is 3. The molecule has 0 spiro atoms. The minimum absolute atomic E-state index is 0.214. The third-order valence-electron chi connectivity index (χ3n) is 6.23. The van der Waals surface area contributed by atoms with Gasteiger partial charge in [0.1, 0.15) is 0 Å². The van der Waals surface area contributed by atoms with E-state index in [-0.39, 0.29) is 6.61 Å². The largest absolute Gasteiger partial charge is 0.462 e. The molecule has 0 aliphatic carbocycles. The molecule has 1 aliphatic heterocycles. The number of alkyl halides is 3. The first-order valence-corrected chi connectivity index (χ1v) is 10.9. The molecule has 0 unspecified atom stereocenters. The number of fused-ring (bicyclic) bond motifs is 6. The van der Waals surface area contributed by atoms with Crippen LogP contribution < -0.4 is 4.90 Å². The lowest BCUT2D eigenvalue weighted by Crippen LogP contribution is -2.36. The highest BCUT2D eigenvalue weighted by Gasteiger charge is 2.33. The van der Waals surface area contributed by atoms with Gasteiger partial charge in [-0.1, -0.05) is 24.3 Å². The van der Waals surface area contributed by atoms with Crippen LogP contribution >= 0.6 is 0 Å². The van der Waals surface area contributed by atoms with E-state index in [1.807, 2.05) is 29.2 Å². The van der Waals surface area contributed by atoms with Crippen molar-refractivity contribution in [2.75, 3.05) is 37.8 Å². The van der Waals surface area contributed by atoms with Crippen LogP contribution in [0, 0.1) is 6.92 Å². The van der Waals surface area contributed by atoms with Crippen molar-refractivity contribution in [1.29, 1.82) is 0 Å². The first kappa shape index (κ1) is 21.6. The van der Waals surface area contributed by atoms with E-state index < -0.39 is 17.7 Å². The fraction of sp³-hybridized carbons (Fsp3) is 0.320. The van der Waals surface area contributed by atoms with Crippen LogP contribution in [0.4, 0.5) is 18.9 Å². The van der Waals surface area contributed by atoms with Crippen LogP contribution in [0.3, 0.4) is 0 Å². The summed E-state index contributed by atoms with van der Waals surface area (Å²) in [7, 11) is 0. The zero-order chi connectivity index (χ0) is 23.3. The average molecular weight is 456 g/mol. The highest BCUT2D eigenvalue weighted by Crippen LogP contribution is 2.42. The summed E-state index contributed by atoms with van der Waals surface area (Å²) >= 11 is 0. The standard InChI is InChI=1S/C25H23F3N2O3/c1-3-33-24(31)19-14-20-17-6-4-5-7-18(17)23-21(29-8-10-32-11-9-29)12-16(25(26,27)28)13-22(23)30(20)15(19)2/h4-7,12-14H,3,8-11H2,1-2H3. The number of benzene rings is 2. The number of halogens is 3. The Morgan fingerprint density at radius 2 is 1.76 bits per heavy atom. The van der Waals surface area contributed by atoms with Crippen molar-refractivity contribution >= 4 is 38.8 Å². The van der Waals surface area contributed by atoms with Crippen LogP contribution in [-0.4, -0.2) is 43.3 Å². The summed E-state index contributed by atoms with van der Waals surface area (Å²) in [6.45, 7) is 5.58. The van der Waals surface area contributed by atoms with Crippen LogP contribution in [-0.2, 0) is 15.7 Å². The highest BCUT2D eigenvalue weighted by molar-refractivity contribution is 6.18. The molecule has 1 fully saturated rings. The van der Waals surface area contributed by atoms with Gasteiger partial charge in [-0.2, -0.15) is 13.2 Å². The third kappa shape index (κ3) is 3.49. The van der Waals surface area contributed by atoms with E-state index in [0.29, 0.717) is 54.3 Å². The molecule has 1 saturated heterocycles. The first-order chi connectivity index (χ1) is 15.8. The number of ether oxygens (including phenoxy) is 2. The Labute approximate surface area is 188 Å². The van der Waals surface area contributed by atoms with Crippen LogP contribution in [0.25, 0.3) is 27.2 Å². The van der Waals surface area contributed by atoms with Crippen LogP contribution in [0.1, 0.15) is 28.5 Å². The Balaban J connectivity index is 1.96. The summed E-state index contributed by atoms with van der Waals surface area (Å²) < 4.78 is 54.4. The van der Waals surface area contributed by atoms with Gasteiger partial charge in [0.2, 0.25) is 0 Å². The summed E-state index contributed by atoms with van der Waals surface area (Å²) in [5.74, 6) is -0.490. The SMILES string of the molecule is CCOC(=O)c1cc2c3ccccc3c3c(N4CCOCC4)cc(C(F)(F)F)cc3n2c1C.